The van der Waals surface area contributed by atoms with E-state index in [1.807, 2.05) is 0 Å². The molecule has 0 saturated carbocycles. The van der Waals surface area contributed by atoms with E-state index in [9.17, 15) is 0 Å². The van der Waals surface area contributed by atoms with Crippen molar-refractivity contribution in [3.63, 3.8) is 0 Å². The van der Waals surface area contributed by atoms with Gasteiger partial charge in [-0.2, -0.15) is 0 Å². The largest absolute Gasteiger partial charge is 0.0669 e. The molecule has 112 valence electrons. The van der Waals surface area contributed by atoms with Crippen LogP contribution in [0.2, 0.25) is 0 Å². The van der Waals surface area contributed by atoms with Crippen molar-refractivity contribution in [2.24, 2.45) is 0 Å². The molecule has 3 rings (SSSR count). The van der Waals surface area contributed by atoms with Crippen LogP contribution in [0.5, 0.6) is 0 Å². The lowest BCUT2D eigenvalue weighted by molar-refractivity contribution is 0.966. The normalized spacial score (nSPS) is 11.0. The predicted octanol–water partition coefficient (Wildman–Crippen LogP) is 6.98. The topological polar surface area (TPSA) is 0 Å². The molecule has 0 radical (unpaired) electrons. The highest BCUT2D eigenvalue weighted by molar-refractivity contribution is 6.03. The summed E-state index contributed by atoms with van der Waals surface area (Å²) < 4.78 is 0. The van der Waals surface area contributed by atoms with Crippen molar-refractivity contribution in [2.75, 3.05) is 0 Å². The Kier molecular flexibility index (Phi) is 4.29. The van der Waals surface area contributed by atoms with Crippen LogP contribution in [-0.4, -0.2) is 0 Å². The average Bonchev–Trinajstić information content (AvgIpc) is 2.57. The first-order chi connectivity index (χ1) is 10.8. The van der Waals surface area contributed by atoms with E-state index >= 15 is 0 Å². The van der Waals surface area contributed by atoms with Crippen molar-refractivity contribution < 1.29 is 0 Å². The zero-order valence-corrected chi connectivity index (χ0v) is 13.8. The molecule has 0 unspecified atom stereocenters. The first-order valence-corrected chi connectivity index (χ1v) is 8.41. The molecule has 0 fully saturated rings. The molecule has 0 saturated heterocycles. The summed E-state index contributed by atoms with van der Waals surface area (Å²) in [4.78, 5) is 0. The highest BCUT2D eigenvalue weighted by Crippen LogP contribution is 2.33. The quantitative estimate of drug-likeness (QED) is 0.454. The van der Waals surface area contributed by atoms with Crippen molar-refractivity contribution in [1.82, 2.24) is 0 Å². The second-order valence-electron chi connectivity index (χ2n) is 5.87. The van der Waals surface area contributed by atoms with Gasteiger partial charge in [0, 0.05) is 0 Å². The molecule has 0 heteroatoms. The highest BCUT2D eigenvalue weighted by Gasteiger charge is 2.09. The molecule has 3 aromatic carbocycles. The zero-order valence-electron chi connectivity index (χ0n) is 13.8. The maximum absolute atomic E-state index is 2.36. The van der Waals surface area contributed by atoms with Gasteiger partial charge in [0.25, 0.3) is 0 Å². The number of fused-ring (bicyclic) bond motifs is 2. The Hall–Kier alpha value is -2.08. The molecule has 22 heavy (non-hydrogen) atoms. The second-order valence-corrected chi connectivity index (χ2v) is 5.87. The first kappa shape index (κ1) is 14.8. The Bertz CT molecular complexity index is 831. The summed E-state index contributed by atoms with van der Waals surface area (Å²) in [5.41, 5.74) is 4.54. The molecule has 0 aromatic heterocycles. The minimum absolute atomic E-state index is 1.10. The van der Waals surface area contributed by atoms with Crippen molar-refractivity contribution in [3.05, 3.63) is 65.7 Å². The standard InChI is InChI=1S/C22H24/c1-4-16(5-2)20(6-3)21-13-9-12-19-14-17-10-7-8-11-18(17)15-22(19)21/h7-15H,4-6H2,1-3H3. The van der Waals surface area contributed by atoms with E-state index in [1.165, 1.54) is 32.7 Å². The molecule has 0 spiro atoms. The lowest BCUT2D eigenvalue weighted by Crippen LogP contribution is -1.92. The molecule has 0 heterocycles. The predicted molar refractivity (Wildman–Crippen MR) is 99.2 cm³/mol. The van der Waals surface area contributed by atoms with Gasteiger partial charge in [-0.1, -0.05) is 68.8 Å². The smallest absolute Gasteiger partial charge is 0.0102 e. The molecule has 0 nitrogen and oxygen atoms in total. The molecule has 0 bridgehead atoms. The Balaban J connectivity index is 2.34. The number of hydrogen-bond acceptors (Lipinski definition) is 0. The second kappa shape index (κ2) is 6.36. The Morgan fingerprint density at radius 3 is 1.95 bits per heavy atom. The van der Waals surface area contributed by atoms with Crippen LogP contribution in [0.15, 0.2) is 60.2 Å². The van der Waals surface area contributed by atoms with E-state index in [0.717, 1.165) is 19.3 Å². The fourth-order valence-corrected chi connectivity index (χ4v) is 3.54. The van der Waals surface area contributed by atoms with Gasteiger partial charge in [0.05, 0.1) is 0 Å². The molecular weight excluding hydrogens is 264 g/mol. The third-order valence-corrected chi connectivity index (χ3v) is 4.71. The summed E-state index contributed by atoms with van der Waals surface area (Å²) in [5.74, 6) is 0. The first-order valence-electron chi connectivity index (χ1n) is 8.41. The van der Waals surface area contributed by atoms with Crippen LogP contribution >= 0.6 is 0 Å². The summed E-state index contributed by atoms with van der Waals surface area (Å²) in [6, 6.07) is 20.0. The maximum atomic E-state index is 2.36. The Morgan fingerprint density at radius 1 is 0.682 bits per heavy atom. The van der Waals surface area contributed by atoms with Crippen LogP contribution in [0.3, 0.4) is 0 Å². The molecule has 0 amide bonds. The zero-order chi connectivity index (χ0) is 15.5. The van der Waals surface area contributed by atoms with Crippen LogP contribution < -0.4 is 0 Å². The van der Waals surface area contributed by atoms with E-state index in [2.05, 4.69) is 75.4 Å². The van der Waals surface area contributed by atoms with E-state index < -0.39 is 0 Å². The van der Waals surface area contributed by atoms with Gasteiger partial charge in [0.1, 0.15) is 0 Å². The fourth-order valence-electron chi connectivity index (χ4n) is 3.54. The van der Waals surface area contributed by atoms with E-state index in [0.29, 0.717) is 0 Å². The van der Waals surface area contributed by atoms with Gasteiger partial charge < -0.3 is 0 Å². The van der Waals surface area contributed by atoms with Crippen molar-refractivity contribution in [2.45, 2.75) is 40.0 Å². The van der Waals surface area contributed by atoms with Crippen LogP contribution in [-0.2, 0) is 0 Å². The van der Waals surface area contributed by atoms with Crippen LogP contribution in [0, 0.1) is 0 Å². The summed E-state index contributed by atoms with van der Waals surface area (Å²) in [7, 11) is 0. The number of benzene rings is 3. The van der Waals surface area contributed by atoms with Crippen molar-refractivity contribution in [1.29, 1.82) is 0 Å². The monoisotopic (exact) mass is 288 g/mol. The average molecular weight is 288 g/mol. The van der Waals surface area contributed by atoms with Gasteiger partial charge in [0.2, 0.25) is 0 Å². The van der Waals surface area contributed by atoms with Crippen molar-refractivity contribution >= 4 is 27.1 Å². The van der Waals surface area contributed by atoms with Gasteiger partial charge in [-0.05, 0) is 64.1 Å². The lowest BCUT2D eigenvalue weighted by Gasteiger charge is -2.15. The van der Waals surface area contributed by atoms with Gasteiger partial charge in [-0.3, -0.25) is 0 Å². The van der Waals surface area contributed by atoms with Gasteiger partial charge >= 0.3 is 0 Å². The highest BCUT2D eigenvalue weighted by atomic mass is 14.1. The van der Waals surface area contributed by atoms with E-state index in [4.69, 9.17) is 0 Å². The molecule has 0 aliphatic carbocycles. The van der Waals surface area contributed by atoms with Crippen LogP contribution in [0.4, 0.5) is 0 Å². The van der Waals surface area contributed by atoms with Crippen LogP contribution in [0.25, 0.3) is 27.1 Å². The van der Waals surface area contributed by atoms with E-state index in [1.54, 1.807) is 5.57 Å². The van der Waals surface area contributed by atoms with E-state index in [-0.39, 0.29) is 0 Å². The lowest BCUT2D eigenvalue weighted by atomic mass is 9.90. The fraction of sp³-hybridized carbons (Fsp3) is 0.273. The molecule has 0 N–H and O–H groups in total. The summed E-state index contributed by atoms with van der Waals surface area (Å²) in [6.45, 7) is 6.82. The van der Waals surface area contributed by atoms with Gasteiger partial charge in [-0.15, -0.1) is 0 Å². The SMILES string of the molecule is CCC(CC)=C(CC)c1cccc2cc3ccccc3cc12. The maximum Gasteiger partial charge on any atom is -0.0102 e. The molecule has 0 atom stereocenters. The number of rotatable bonds is 4. The number of allylic oxidation sites excluding steroid dienone is 2. The summed E-state index contributed by atoms with van der Waals surface area (Å²) in [5, 5.41) is 5.37. The minimum atomic E-state index is 1.10. The van der Waals surface area contributed by atoms with Gasteiger partial charge in [0.15, 0.2) is 0 Å². The molecule has 0 aliphatic rings. The number of hydrogen-bond donors (Lipinski definition) is 0. The molecule has 3 aromatic rings. The molecule has 0 aliphatic heterocycles. The van der Waals surface area contributed by atoms with Gasteiger partial charge in [-0.25, -0.2) is 0 Å². The van der Waals surface area contributed by atoms with Crippen LogP contribution in [0.1, 0.15) is 45.6 Å². The molecular formula is C22H24. The minimum Gasteiger partial charge on any atom is -0.0669 e. The summed E-state index contributed by atoms with van der Waals surface area (Å²) >= 11 is 0. The third kappa shape index (κ3) is 2.54. The van der Waals surface area contributed by atoms with Crippen molar-refractivity contribution in [3.8, 4) is 0 Å². The summed E-state index contributed by atoms with van der Waals surface area (Å²) in [6.07, 6.45) is 3.39. The third-order valence-electron chi connectivity index (χ3n) is 4.71. The Morgan fingerprint density at radius 2 is 1.32 bits per heavy atom. The Labute approximate surface area is 133 Å².